The van der Waals surface area contributed by atoms with Crippen LogP contribution in [-0.2, 0) is 4.74 Å². The molecule has 2 rings (SSSR count). The Kier molecular flexibility index (Phi) is 4.28. The summed E-state index contributed by atoms with van der Waals surface area (Å²) in [6.07, 6.45) is -1.23. The molecular weight excluding hydrogens is 284 g/mol. The van der Waals surface area contributed by atoms with Gasteiger partial charge in [0.1, 0.15) is 9.88 Å². The number of aromatic nitrogens is 1. The number of benzene rings is 1. The molecule has 1 aromatic carbocycles. The van der Waals surface area contributed by atoms with Crippen LogP contribution in [0.5, 0.6) is 5.88 Å². The molecule has 2 N–H and O–H groups in total. The summed E-state index contributed by atoms with van der Waals surface area (Å²) in [5, 5.41) is 30.4. The van der Waals surface area contributed by atoms with Gasteiger partial charge < -0.3 is 14.9 Å². The molecule has 7 nitrogen and oxygen atoms in total. The smallest absolute Gasteiger partial charge is 0.269 e. The van der Waals surface area contributed by atoms with E-state index in [0.29, 0.717) is 17.2 Å². The number of hydrogen-bond acceptors (Lipinski definition) is 7. The van der Waals surface area contributed by atoms with Crippen molar-refractivity contribution < 1.29 is 19.9 Å². The van der Waals surface area contributed by atoms with Crippen LogP contribution in [0.2, 0.25) is 0 Å². The van der Waals surface area contributed by atoms with Gasteiger partial charge in [-0.05, 0) is 19.1 Å². The Morgan fingerprint density at radius 3 is 2.65 bits per heavy atom. The standard InChI is InChI=1S/C12H12N2O5S/c1-2-19-12(16)9-10(15)13-11(20-9)7-3-5-8(6-4-7)14(17)18/h3-6,12,15-16H,2H2,1H3. The average Bonchev–Trinajstić information content (AvgIpc) is 2.81. The number of nitrogens with zero attached hydrogens (tertiary/aromatic N) is 2. The molecule has 0 aliphatic heterocycles. The summed E-state index contributed by atoms with van der Waals surface area (Å²) in [6.45, 7) is 2.02. The summed E-state index contributed by atoms with van der Waals surface area (Å²) >= 11 is 1.07. The minimum atomic E-state index is -1.23. The third kappa shape index (κ3) is 2.93. The van der Waals surface area contributed by atoms with Gasteiger partial charge in [-0.3, -0.25) is 10.1 Å². The average molecular weight is 296 g/mol. The topological polar surface area (TPSA) is 106 Å². The van der Waals surface area contributed by atoms with Gasteiger partial charge in [0.25, 0.3) is 5.69 Å². The highest BCUT2D eigenvalue weighted by molar-refractivity contribution is 7.15. The van der Waals surface area contributed by atoms with Crippen LogP contribution in [0, 0.1) is 10.1 Å². The summed E-state index contributed by atoms with van der Waals surface area (Å²) in [5.74, 6) is -0.302. The van der Waals surface area contributed by atoms with Gasteiger partial charge in [0.15, 0.2) is 6.29 Å². The number of thiazole rings is 1. The Hall–Kier alpha value is -2.03. The SMILES string of the molecule is CCOC(O)c1sc(-c2ccc([N+](=O)[O-])cc2)nc1O. The molecule has 2 aromatic rings. The summed E-state index contributed by atoms with van der Waals surface area (Å²) in [6, 6.07) is 5.78. The molecule has 1 heterocycles. The lowest BCUT2D eigenvalue weighted by Gasteiger charge is -2.06. The van der Waals surface area contributed by atoms with Crippen molar-refractivity contribution in [1.82, 2.24) is 4.98 Å². The number of ether oxygens (including phenoxy) is 1. The number of aliphatic hydroxyl groups excluding tert-OH is 1. The number of nitro benzene ring substituents is 1. The summed E-state index contributed by atoms with van der Waals surface area (Å²) < 4.78 is 4.99. The Labute approximate surface area is 118 Å². The van der Waals surface area contributed by atoms with Crippen LogP contribution < -0.4 is 0 Å². The molecule has 0 saturated heterocycles. The first-order chi connectivity index (χ1) is 9.52. The van der Waals surface area contributed by atoms with Crippen molar-refractivity contribution in [3.8, 4) is 16.5 Å². The molecular formula is C12H12N2O5S. The van der Waals surface area contributed by atoms with Gasteiger partial charge in [-0.2, -0.15) is 0 Å². The van der Waals surface area contributed by atoms with Gasteiger partial charge in [0, 0.05) is 24.3 Å². The first-order valence-electron chi connectivity index (χ1n) is 5.77. The molecule has 1 unspecified atom stereocenters. The van der Waals surface area contributed by atoms with Crippen LogP contribution in [-0.4, -0.2) is 26.7 Å². The van der Waals surface area contributed by atoms with Crippen molar-refractivity contribution in [3.05, 3.63) is 39.3 Å². The number of aromatic hydroxyl groups is 1. The minimum absolute atomic E-state index is 0.0240. The molecule has 0 saturated carbocycles. The molecule has 0 radical (unpaired) electrons. The maximum atomic E-state index is 10.6. The lowest BCUT2D eigenvalue weighted by Crippen LogP contribution is -2.00. The van der Waals surface area contributed by atoms with E-state index in [1.165, 1.54) is 24.3 Å². The van der Waals surface area contributed by atoms with Gasteiger partial charge in [0.05, 0.1) is 4.92 Å². The highest BCUT2D eigenvalue weighted by Gasteiger charge is 2.19. The van der Waals surface area contributed by atoms with Gasteiger partial charge in [-0.1, -0.05) is 0 Å². The number of rotatable bonds is 5. The monoisotopic (exact) mass is 296 g/mol. The zero-order chi connectivity index (χ0) is 14.7. The number of nitro groups is 1. The van der Waals surface area contributed by atoms with E-state index in [9.17, 15) is 20.3 Å². The molecule has 8 heteroatoms. The largest absolute Gasteiger partial charge is 0.492 e. The maximum Gasteiger partial charge on any atom is 0.269 e. The first kappa shape index (κ1) is 14.4. The van der Waals surface area contributed by atoms with Gasteiger partial charge in [0.2, 0.25) is 5.88 Å². The first-order valence-corrected chi connectivity index (χ1v) is 6.58. The lowest BCUT2D eigenvalue weighted by molar-refractivity contribution is -0.384. The third-order valence-electron chi connectivity index (χ3n) is 2.51. The second-order valence-electron chi connectivity index (χ2n) is 3.82. The Bertz CT molecular complexity index is 611. The second-order valence-corrected chi connectivity index (χ2v) is 4.85. The van der Waals surface area contributed by atoms with Crippen molar-refractivity contribution in [3.63, 3.8) is 0 Å². The fourth-order valence-electron chi connectivity index (χ4n) is 1.57. The van der Waals surface area contributed by atoms with Crippen LogP contribution >= 0.6 is 11.3 Å². The van der Waals surface area contributed by atoms with Crippen molar-refractivity contribution in [2.75, 3.05) is 6.61 Å². The summed E-state index contributed by atoms with van der Waals surface area (Å²) in [4.78, 5) is 14.2. The zero-order valence-electron chi connectivity index (χ0n) is 10.5. The van der Waals surface area contributed by atoms with Gasteiger partial charge in [-0.25, -0.2) is 4.98 Å². The third-order valence-corrected chi connectivity index (χ3v) is 3.63. The predicted molar refractivity (Wildman–Crippen MR) is 72.5 cm³/mol. The molecule has 106 valence electrons. The van der Waals surface area contributed by atoms with E-state index in [4.69, 9.17) is 4.74 Å². The lowest BCUT2D eigenvalue weighted by atomic mass is 10.2. The van der Waals surface area contributed by atoms with Gasteiger partial charge >= 0.3 is 0 Å². The molecule has 0 fully saturated rings. The normalized spacial score (nSPS) is 12.3. The van der Waals surface area contributed by atoms with E-state index in [1.54, 1.807) is 6.92 Å². The van der Waals surface area contributed by atoms with Crippen LogP contribution in [0.15, 0.2) is 24.3 Å². The predicted octanol–water partition coefficient (Wildman–Crippen LogP) is 2.45. The fourth-order valence-corrected chi connectivity index (χ4v) is 2.47. The van der Waals surface area contributed by atoms with E-state index < -0.39 is 11.2 Å². The summed E-state index contributed by atoms with van der Waals surface area (Å²) in [7, 11) is 0. The van der Waals surface area contributed by atoms with Crippen LogP contribution in [0.25, 0.3) is 10.6 Å². The van der Waals surface area contributed by atoms with E-state index in [0.717, 1.165) is 11.3 Å². The Balaban J connectivity index is 2.29. The molecule has 1 aromatic heterocycles. The fraction of sp³-hybridized carbons (Fsp3) is 0.250. The Morgan fingerprint density at radius 2 is 2.10 bits per heavy atom. The highest BCUT2D eigenvalue weighted by atomic mass is 32.1. The zero-order valence-corrected chi connectivity index (χ0v) is 11.3. The van der Waals surface area contributed by atoms with E-state index in [-0.39, 0.29) is 16.4 Å². The van der Waals surface area contributed by atoms with Crippen molar-refractivity contribution in [2.45, 2.75) is 13.2 Å². The van der Waals surface area contributed by atoms with E-state index in [1.807, 2.05) is 0 Å². The van der Waals surface area contributed by atoms with Crippen LogP contribution in [0.1, 0.15) is 18.1 Å². The molecule has 0 amide bonds. The number of non-ortho nitro benzene ring substituents is 1. The second kappa shape index (κ2) is 5.95. The van der Waals surface area contributed by atoms with Crippen molar-refractivity contribution >= 4 is 17.0 Å². The van der Waals surface area contributed by atoms with Crippen LogP contribution in [0.3, 0.4) is 0 Å². The molecule has 0 aliphatic rings. The maximum absolute atomic E-state index is 10.6. The molecule has 0 spiro atoms. The van der Waals surface area contributed by atoms with E-state index in [2.05, 4.69) is 4.98 Å². The van der Waals surface area contributed by atoms with Crippen LogP contribution in [0.4, 0.5) is 5.69 Å². The van der Waals surface area contributed by atoms with Crippen molar-refractivity contribution in [1.29, 1.82) is 0 Å². The molecule has 1 atom stereocenters. The van der Waals surface area contributed by atoms with Crippen molar-refractivity contribution in [2.24, 2.45) is 0 Å². The molecule has 0 aliphatic carbocycles. The number of hydrogen-bond donors (Lipinski definition) is 2. The summed E-state index contributed by atoms with van der Waals surface area (Å²) in [5.41, 5.74) is 0.593. The van der Waals surface area contributed by atoms with E-state index >= 15 is 0 Å². The quantitative estimate of drug-likeness (QED) is 0.498. The molecule has 20 heavy (non-hydrogen) atoms. The highest BCUT2D eigenvalue weighted by Crippen LogP contribution is 2.36. The minimum Gasteiger partial charge on any atom is -0.492 e. The van der Waals surface area contributed by atoms with Gasteiger partial charge in [-0.15, -0.1) is 11.3 Å². The number of aliphatic hydroxyl groups is 1. The molecule has 0 bridgehead atoms. The Morgan fingerprint density at radius 1 is 1.45 bits per heavy atom.